The second-order valence-electron chi connectivity index (χ2n) is 6.23. The molecule has 5 nitrogen and oxygen atoms in total. The van der Waals surface area contributed by atoms with Gasteiger partial charge in [0.1, 0.15) is 5.82 Å². The van der Waals surface area contributed by atoms with E-state index in [0.717, 1.165) is 12.8 Å². The molecule has 8 heteroatoms. The van der Waals surface area contributed by atoms with Crippen molar-refractivity contribution in [3.05, 3.63) is 16.8 Å². The largest absolute Gasteiger partial charge is 0.382 e. The molecule has 0 aliphatic heterocycles. The third kappa shape index (κ3) is 3.45. The lowest BCUT2D eigenvalue weighted by Crippen LogP contribution is -2.39. The molecule has 0 saturated heterocycles. The minimum atomic E-state index is -2.60. The molecule has 1 heterocycles. The molecule has 1 aromatic heterocycles. The number of alkyl halides is 2. The van der Waals surface area contributed by atoms with Crippen LogP contribution in [0.1, 0.15) is 43.7 Å². The molecule has 0 radical (unpaired) electrons. The van der Waals surface area contributed by atoms with Crippen LogP contribution in [-0.4, -0.2) is 22.0 Å². The fourth-order valence-electron chi connectivity index (χ4n) is 2.93. The van der Waals surface area contributed by atoms with E-state index >= 15 is 0 Å². The molecule has 0 spiro atoms. The van der Waals surface area contributed by atoms with Gasteiger partial charge in [0.25, 0.3) is 0 Å². The first kappa shape index (κ1) is 15.4. The molecule has 1 unspecified atom stereocenters. The quantitative estimate of drug-likeness (QED) is 0.869. The minimum absolute atomic E-state index is 0.115. The van der Waals surface area contributed by atoms with E-state index in [4.69, 9.17) is 17.3 Å². The summed E-state index contributed by atoms with van der Waals surface area (Å²) in [5, 5.41) is 10.5. The molecule has 120 valence electrons. The second kappa shape index (κ2) is 5.61. The predicted molar refractivity (Wildman–Crippen MR) is 77.4 cm³/mol. The van der Waals surface area contributed by atoms with Crippen molar-refractivity contribution in [3.8, 4) is 0 Å². The van der Waals surface area contributed by atoms with Crippen molar-refractivity contribution in [1.29, 1.82) is 0 Å². The van der Waals surface area contributed by atoms with Crippen molar-refractivity contribution in [3.63, 3.8) is 0 Å². The highest BCUT2D eigenvalue weighted by atomic mass is 35.5. The average Bonchev–Trinajstić information content (AvgIpc) is 3.21. The van der Waals surface area contributed by atoms with Crippen LogP contribution in [0.3, 0.4) is 0 Å². The monoisotopic (exact) mass is 330 g/mol. The summed E-state index contributed by atoms with van der Waals surface area (Å²) in [4.78, 5) is 12.1. The van der Waals surface area contributed by atoms with Gasteiger partial charge in [0.2, 0.25) is 11.8 Å². The van der Waals surface area contributed by atoms with Gasteiger partial charge in [0.05, 0.1) is 6.04 Å². The van der Waals surface area contributed by atoms with Gasteiger partial charge in [-0.2, -0.15) is 0 Å². The third-order valence-electron chi connectivity index (χ3n) is 4.19. The van der Waals surface area contributed by atoms with Crippen LogP contribution in [0.2, 0.25) is 5.15 Å². The van der Waals surface area contributed by atoms with Crippen LogP contribution < -0.4 is 11.1 Å². The number of aromatic nitrogens is 2. The summed E-state index contributed by atoms with van der Waals surface area (Å²) in [5.74, 6) is -2.56. The van der Waals surface area contributed by atoms with E-state index in [0.29, 0.717) is 5.56 Å². The number of nitrogens with zero attached hydrogens (tertiary/aromatic N) is 2. The Kier molecular flexibility index (Phi) is 3.92. The van der Waals surface area contributed by atoms with E-state index in [2.05, 4.69) is 15.5 Å². The van der Waals surface area contributed by atoms with E-state index in [1.165, 1.54) is 0 Å². The molecule has 0 aromatic carbocycles. The van der Waals surface area contributed by atoms with Crippen molar-refractivity contribution in [2.75, 3.05) is 5.73 Å². The first-order valence-electron chi connectivity index (χ1n) is 7.30. The first-order chi connectivity index (χ1) is 10.3. The zero-order chi connectivity index (χ0) is 15.9. The molecular formula is C14H17ClF2N4O. The molecular weight excluding hydrogens is 314 g/mol. The van der Waals surface area contributed by atoms with Crippen LogP contribution in [0.4, 0.5) is 14.6 Å². The maximum atomic E-state index is 12.8. The SMILES string of the molecule is Nc1cc(C(NC(=O)CC2CC(F)(F)C2)C2CC2)c(Cl)nn1. The van der Waals surface area contributed by atoms with E-state index in [-0.39, 0.29) is 54.0 Å². The molecule has 1 atom stereocenters. The third-order valence-corrected chi connectivity index (χ3v) is 4.48. The number of nitrogens with one attached hydrogen (secondary N) is 1. The summed E-state index contributed by atoms with van der Waals surface area (Å²) in [7, 11) is 0. The van der Waals surface area contributed by atoms with Crippen molar-refractivity contribution < 1.29 is 13.6 Å². The zero-order valence-electron chi connectivity index (χ0n) is 11.9. The summed E-state index contributed by atoms with van der Waals surface area (Å²) in [6.45, 7) is 0. The van der Waals surface area contributed by atoms with Crippen molar-refractivity contribution in [2.45, 2.75) is 44.1 Å². The van der Waals surface area contributed by atoms with Gasteiger partial charge in [-0.1, -0.05) is 11.6 Å². The number of nitrogen functional groups attached to an aromatic ring is 1. The number of hydrogen-bond donors (Lipinski definition) is 2. The van der Waals surface area contributed by atoms with Crippen molar-refractivity contribution >= 4 is 23.3 Å². The van der Waals surface area contributed by atoms with Crippen LogP contribution in [0.25, 0.3) is 0 Å². The van der Waals surface area contributed by atoms with E-state index < -0.39 is 5.92 Å². The predicted octanol–water partition coefficient (Wildman–Crippen LogP) is 2.71. The normalized spacial score (nSPS) is 22.0. The zero-order valence-corrected chi connectivity index (χ0v) is 12.6. The number of anilines is 1. The number of rotatable bonds is 5. The molecule has 3 N–H and O–H groups in total. The summed E-state index contributed by atoms with van der Waals surface area (Å²) >= 11 is 6.05. The Hall–Kier alpha value is -1.50. The number of carbonyl (C=O) groups excluding carboxylic acids is 1. The molecule has 3 rings (SSSR count). The van der Waals surface area contributed by atoms with Gasteiger partial charge in [-0.15, -0.1) is 10.2 Å². The molecule has 22 heavy (non-hydrogen) atoms. The van der Waals surface area contributed by atoms with Gasteiger partial charge >= 0.3 is 0 Å². The van der Waals surface area contributed by atoms with Gasteiger partial charge in [0.15, 0.2) is 5.15 Å². The Morgan fingerprint density at radius 2 is 2.14 bits per heavy atom. The standard InChI is InChI=1S/C14H17ClF2N4O/c15-13-9(4-10(18)20-21-13)12(8-1-2-8)19-11(22)3-7-5-14(16,17)6-7/h4,7-8,12H,1-3,5-6H2,(H2,18,20)(H,19,22). The van der Waals surface area contributed by atoms with Crippen molar-refractivity contribution in [2.24, 2.45) is 11.8 Å². The van der Waals surface area contributed by atoms with Gasteiger partial charge in [-0.25, -0.2) is 8.78 Å². The Morgan fingerprint density at radius 3 is 2.73 bits per heavy atom. The highest BCUT2D eigenvalue weighted by Crippen LogP contribution is 2.45. The number of carbonyl (C=O) groups is 1. The number of nitrogens with two attached hydrogens (primary N) is 1. The number of hydrogen-bond acceptors (Lipinski definition) is 4. The Morgan fingerprint density at radius 1 is 1.45 bits per heavy atom. The second-order valence-corrected chi connectivity index (χ2v) is 6.59. The lowest BCUT2D eigenvalue weighted by atomic mass is 9.79. The number of amides is 1. The molecule has 2 aliphatic carbocycles. The van der Waals surface area contributed by atoms with Gasteiger partial charge in [-0.05, 0) is 30.7 Å². The van der Waals surface area contributed by atoms with Crippen LogP contribution in [0, 0.1) is 11.8 Å². The van der Waals surface area contributed by atoms with E-state index in [1.807, 2.05) is 0 Å². The molecule has 0 bridgehead atoms. The molecule has 1 amide bonds. The maximum Gasteiger partial charge on any atom is 0.248 e. The Labute approximate surface area is 131 Å². The van der Waals surface area contributed by atoms with E-state index in [1.54, 1.807) is 6.07 Å². The summed E-state index contributed by atoms with van der Waals surface area (Å²) in [6, 6.07) is 1.33. The summed E-state index contributed by atoms with van der Waals surface area (Å²) < 4.78 is 25.6. The smallest absolute Gasteiger partial charge is 0.248 e. The lowest BCUT2D eigenvalue weighted by Gasteiger charge is -2.34. The molecule has 1 aromatic rings. The highest BCUT2D eigenvalue weighted by Gasteiger charge is 2.46. The van der Waals surface area contributed by atoms with E-state index in [9.17, 15) is 13.6 Å². The molecule has 2 aliphatic rings. The Bertz CT molecular complexity index is 586. The fraction of sp³-hybridized carbons (Fsp3) is 0.643. The van der Waals surface area contributed by atoms with Crippen molar-refractivity contribution in [1.82, 2.24) is 15.5 Å². The fourth-order valence-corrected chi connectivity index (χ4v) is 3.14. The molecule has 2 fully saturated rings. The topological polar surface area (TPSA) is 80.9 Å². The maximum absolute atomic E-state index is 12.8. The lowest BCUT2D eigenvalue weighted by molar-refractivity contribution is -0.134. The van der Waals surface area contributed by atoms with Gasteiger partial charge < -0.3 is 11.1 Å². The first-order valence-corrected chi connectivity index (χ1v) is 7.67. The van der Waals surface area contributed by atoms with Crippen LogP contribution >= 0.6 is 11.6 Å². The van der Waals surface area contributed by atoms with Crippen LogP contribution in [-0.2, 0) is 4.79 Å². The number of halogens is 3. The average molecular weight is 331 g/mol. The molecule has 2 saturated carbocycles. The Balaban J connectivity index is 1.65. The van der Waals surface area contributed by atoms with Gasteiger partial charge in [0, 0.05) is 24.8 Å². The van der Waals surface area contributed by atoms with Gasteiger partial charge in [-0.3, -0.25) is 4.79 Å². The van der Waals surface area contributed by atoms with Crippen LogP contribution in [0.5, 0.6) is 0 Å². The summed E-state index contributed by atoms with van der Waals surface area (Å²) in [5.41, 5.74) is 6.27. The highest BCUT2D eigenvalue weighted by molar-refractivity contribution is 6.30. The minimum Gasteiger partial charge on any atom is -0.382 e. The van der Waals surface area contributed by atoms with Crippen LogP contribution in [0.15, 0.2) is 6.07 Å². The summed E-state index contributed by atoms with van der Waals surface area (Å²) in [6.07, 6.45) is 1.65.